The molecule has 3 rings (SSSR count). The number of rotatable bonds is 14. The molecule has 0 aliphatic carbocycles. The largest absolute Gasteiger partial charge is 0.461 e. The van der Waals surface area contributed by atoms with Gasteiger partial charge in [0.2, 0.25) is 0 Å². The summed E-state index contributed by atoms with van der Waals surface area (Å²) in [5.41, 5.74) is 2.86. The molecule has 0 aromatic heterocycles. The van der Waals surface area contributed by atoms with Crippen LogP contribution in [0.25, 0.3) is 0 Å². The molecular weight excluding hydrogens is 470 g/mol. The normalized spacial score (nSPS) is 10.4. The first-order valence-corrected chi connectivity index (χ1v) is 12.5. The molecule has 0 radical (unpaired) electrons. The molecule has 0 saturated carbocycles. The van der Waals surface area contributed by atoms with Gasteiger partial charge in [0, 0.05) is 19.4 Å². The SMILES string of the molecule is O=C(CCc1ccc(OC(=O)CCCCCNC(=O)OCc2ccccc2)cc1)OCc1ccccc1. The van der Waals surface area contributed by atoms with E-state index in [4.69, 9.17) is 14.2 Å². The van der Waals surface area contributed by atoms with E-state index in [0.717, 1.165) is 29.5 Å². The molecular formula is C30H33NO6. The second kappa shape index (κ2) is 15.8. The Balaban J connectivity index is 1.21. The Bertz CT molecular complexity index is 1100. The smallest absolute Gasteiger partial charge is 0.407 e. The maximum atomic E-state index is 12.1. The molecule has 0 aliphatic heterocycles. The number of hydrogen-bond donors (Lipinski definition) is 1. The summed E-state index contributed by atoms with van der Waals surface area (Å²) in [7, 11) is 0. The summed E-state index contributed by atoms with van der Waals surface area (Å²) in [5, 5.41) is 2.71. The lowest BCUT2D eigenvalue weighted by Crippen LogP contribution is -2.25. The third kappa shape index (κ3) is 11.4. The fourth-order valence-corrected chi connectivity index (χ4v) is 3.50. The molecule has 0 aliphatic rings. The van der Waals surface area contributed by atoms with Crippen LogP contribution >= 0.6 is 0 Å². The van der Waals surface area contributed by atoms with Crippen molar-refractivity contribution in [3.63, 3.8) is 0 Å². The van der Waals surface area contributed by atoms with Gasteiger partial charge in [0.15, 0.2) is 0 Å². The number of amides is 1. The number of unbranched alkanes of at least 4 members (excludes halogenated alkanes) is 2. The number of alkyl carbamates (subject to hydrolysis) is 1. The summed E-state index contributed by atoms with van der Waals surface area (Å²) in [6.07, 6.45) is 2.89. The highest BCUT2D eigenvalue weighted by Gasteiger charge is 2.08. The van der Waals surface area contributed by atoms with Crippen LogP contribution in [0.5, 0.6) is 5.75 Å². The molecule has 37 heavy (non-hydrogen) atoms. The third-order valence-corrected chi connectivity index (χ3v) is 5.56. The number of nitrogens with one attached hydrogen (secondary N) is 1. The van der Waals surface area contributed by atoms with E-state index in [2.05, 4.69) is 5.32 Å². The average Bonchev–Trinajstić information content (AvgIpc) is 2.93. The van der Waals surface area contributed by atoms with Crippen LogP contribution in [-0.4, -0.2) is 24.6 Å². The van der Waals surface area contributed by atoms with E-state index in [0.29, 0.717) is 31.6 Å². The number of aryl methyl sites for hydroxylation is 1. The highest BCUT2D eigenvalue weighted by Crippen LogP contribution is 2.15. The van der Waals surface area contributed by atoms with Crippen molar-refractivity contribution in [3.05, 3.63) is 102 Å². The van der Waals surface area contributed by atoms with Crippen LogP contribution in [0.3, 0.4) is 0 Å². The topological polar surface area (TPSA) is 90.9 Å². The Labute approximate surface area is 217 Å². The van der Waals surface area contributed by atoms with Gasteiger partial charge in [-0.25, -0.2) is 4.79 Å². The lowest BCUT2D eigenvalue weighted by molar-refractivity contribution is -0.145. The predicted octanol–water partition coefficient (Wildman–Crippen LogP) is 5.75. The zero-order valence-corrected chi connectivity index (χ0v) is 20.9. The molecule has 7 nitrogen and oxygen atoms in total. The van der Waals surface area contributed by atoms with Crippen molar-refractivity contribution >= 4 is 18.0 Å². The quantitative estimate of drug-likeness (QED) is 0.171. The van der Waals surface area contributed by atoms with Gasteiger partial charge in [0.25, 0.3) is 0 Å². The summed E-state index contributed by atoms with van der Waals surface area (Å²) < 4.78 is 15.8. The molecule has 1 N–H and O–H groups in total. The van der Waals surface area contributed by atoms with Crippen LogP contribution in [0.4, 0.5) is 4.79 Å². The van der Waals surface area contributed by atoms with E-state index in [1.807, 2.05) is 72.8 Å². The van der Waals surface area contributed by atoms with Crippen LogP contribution in [0.1, 0.15) is 48.8 Å². The van der Waals surface area contributed by atoms with E-state index < -0.39 is 6.09 Å². The van der Waals surface area contributed by atoms with Crippen LogP contribution in [0.2, 0.25) is 0 Å². The standard InChI is InChI=1S/C30H33NO6/c32-28(35-22-25-10-4-1-5-11-25)20-17-24-15-18-27(19-16-24)37-29(33)14-8-3-9-21-31-30(34)36-23-26-12-6-2-7-13-26/h1-2,4-7,10-13,15-16,18-19H,3,8-9,14,17,20-23H2,(H,31,34). The maximum Gasteiger partial charge on any atom is 0.407 e. The molecule has 1 amide bonds. The second-order valence-corrected chi connectivity index (χ2v) is 8.56. The molecule has 0 saturated heterocycles. The fourth-order valence-electron chi connectivity index (χ4n) is 3.50. The molecule has 3 aromatic carbocycles. The zero-order chi connectivity index (χ0) is 26.1. The van der Waals surface area contributed by atoms with Crippen molar-refractivity contribution in [2.45, 2.75) is 51.7 Å². The van der Waals surface area contributed by atoms with Gasteiger partial charge in [-0.05, 0) is 48.1 Å². The first-order valence-electron chi connectivity index (χ1n) is 12.5. The van der Waals surface area contributed by atoms with Crippen molar-refractivity contribution in [3.8, 4) is 5.75 Å². The summed E-state index contributed by atoms with van der Waals surface area (Å²) in [4.78, 5) is 35.8. The van der Waals surface area contributed by atoms with E-state index in [1.165, 1.54) is 0 Å². The van der Waals surface area contributed by atoms with Crippen molar-refractivity contribution in [1.82, 2.24) is 5.32 Å². The lowest BCUT2D eigenvalue weighted by atomic mass is 10.1. The summed E-state index contributed by atoms with van der Waals surface area (Å²) in [6.45, 7) is 0.997. The van der Waals surface area contributed by atoms with Crippen molar-refractivity contribution in [2.75, 3.05) is 6.54 Å². The first kappa shape index (κ1) is 27.5. The molecule has 0 atom stereocenters. The van der Waals surface area contributed by atoms with Crippen molar-refractivity contribution in [2.24, 2.45) is 0 Å². The summed E-state index contributed by atoms with van der Waals surface area (Å²) in [5.74, 6) is -0.0747. The minimum absolute atomic E-state index is 0.237. The van der Waals surface area contributed by atoms with E-state index >= 15 is 0 Å². The van der Waals surface area contributed by atoms with Crippen molar-refractivity contribution in [1.29, 1.82) is 0 Å². The number of esters is 2. The predicted molar refractivity (Wildman–Crippen MR) is 140 cm³/mol. The Hall–Kier alpha value is -4.13. The Morgan fingerprint density at radius 3 is 1.86 bits per heavy atom. The Morgan fingerprint density at radius 1 is 0.595 bits per heavy atom. The third-order valence-electron chi connectivity index (χ3n) is 5.56. The highest BCUT2D eigenvalue weighted by molar-refractivity contribution is 5.72. The fraction of sp³-hybridized carbons (Fsp3) is 0.300. The average molecular weight is 504 g/mol. The van der Waals surface area contributed by atoms with Crippen LogP contribution in [0.15, 0.2) is 84.9 Å². The van der Waals surface area contributed by atoms with Gasteiger partial charge in [-0.3, -0.25) is 9.59 Å². The second-order valence-electron chi connectivity index (χ2n) is 8.56. The van der Waals surface area contributed by atoms with E-state index in [-0.39, 0.29) is 31.6 Å². The van der Waals surface area contributed by atoms with Gasteiger partial charge in [-0.1, -0.05) is 79.2 Å². The van der Waals surface area contributed by atoms with Gasteiger partial charge in [-0.2, -0.15) is 0 Å². The summed E-state index contributed by atoms with van der Waals surface area (Å²) in [6, 6.07) is 26.2. The molecule has 0 spiro atoms. The first-order chi connectivity index (χ1) is 18.1. The number of benzene rings is 3. The Morgan fingerprint density at radius 2 is 1.22 bits per heavy atom. The zero-order valence-electron chi connectivity index (χ0n) is 20.9. The molecule has 0 bridgehead atoms. The Kier molecular flexibility index (Phi) is 11.7. The van der Waals surface area contributed by atoms with E-state index in [9.17, 15) is 14.4 Å². The number of ether oxygens (including phenoxy) is 3. The minimum atomic E-state index is -0.448. The number of carbonyl (C=O) groups excluding carboxylic acids is 3. The highest BCUT2D eigenvalue weighted by atomic mass is 16.5. The summed E-state index contributed by atoms with van der Waals surface area (Å²) >= 11 is 0. The van der Waals surface area contributed by atoms with Gasteiger partial charge in [0.1, 0.15) is 19.0 Å². The van der Waals surface area contributed by atoms with Crippen LogP contribution in [-0.2, 0) is 38.7 Å². The minimum Gasteiger partial charge on any atom is -0.461 e. The van der Waals surface area contributed by atoms with Crippen molar-refractivity contribution < 1.29 is 28.6 Å². The van der Waals surface area contributed by atoms with Gasteiger partial charge >= 0.3 is 18.0 Å². The molecule has 0 fully saturated rings. The molecule has 194 valence electrons. The molecule has 0 unspecified atom stereocenters. The molecule has 3 aromatic rings. The van der Waals surface area contributed by atoms with Gasteiger partial charge < -0.3 is 19.5 Å². The monoisotopic (exact) mass is 503 g/mol. The molecule has 7 heteroatoms. The number of carbonyl (C=O) groups is 3. The van der Waals surface area contributed by atoms with E-state index in [1.54, 1.807) is 12.1 Å². The van der Waals surface area contributed by atoms with Crippen LogP contribution in [0, 0.1) is 0 Å². The van der Waals surface area contributed by atoms with Gasteiger partial charge in [0.05, 0.1) is 0 Å². The van der Waals surface area contributed by atoms with Crippen LogP contribution < -0.4 is 10.1 Å². The lowest BCUT2D eigenvalue weighted by Gasteiger charge is -2.08. The van der Waals surface area contributed by atoms with Gasteiger partial charge in [-0.15, -0.1) is 0 Å². The molecule has 0 heterocycles. The maximum absolute atomic E-state index is 12.1. The number of hydrogen-bond acceptors (Lipinski definition) is 6.